The van der Waals surface area contributed by atoms with E-state index in [-0.39, 0.29) is 5.82 Å². The van der Waals surface area contributed by atoms with E-state index in [2.05, 4.69) is 66.2 Å². The number of nitrogens with zero attached hydrogens (tertiary/aromatic N) is 1. The van der Waals surface area contributed by atoms with Crippen molar-refractivity contribution in [3.05, 3.63) is 94.8 Å². The smallest absolute Gasteiger partial charge is 0.123 e. The fourth-order valence-corrected chi connectivity index (χ4v) is 5.31. The Kier molecular flexibility index (Phi) is 5.37. The van der Waals surface area contributed by atoms with E-state index in [0.717, 1.165) is 41.8 Å². The lowest BCUT2D eigenvalue weighted by molar-refractivity contribution is 0.205. The fourth-order valence-electron chi connectivity index (χ4n) is 5.31. The molecule has 2 nitrogen and oxygen atoms in total. The number of piperidine rings is 1. The summed E-state index contributed by atoms with van der Waals surface area (Å²) >= 11 is 0. The van der Waals surface area contributed by atoms with Crippen LogP contribution in [0.1, 0.15) is 41.0 Å². The molecular formula is C28H29FN2. The molecule has 1 aromatic heterocycles. The first-order valence-corrected chi connectivity index (χ1v) is 11.2. The van der Waals surface area contributed by atoms with Crippen molar-refractivity contribution < 1.29 is 4.39 Å². The first-order valence-electron chi connectivity index (χ1n) is 11.2. The van der Waals surface area contributed by atoms with Gasteiger partial charge in [-0.15, -0.1) is 0 Å². The summed E-state index contributed by atoms with van der Waals surface area (Å²) in [6, 6.07) is 22.1. The van der Waals surface area contributed by atoms with Crippen LogP contribution in [0.2, 0.25) is 0 Å². The standard InChI is InChI=1S/C28H29FN2/c1-19-7-6-8-20(2)27(19)21-13-15-31(16-14-21)18-25-24-17-23(29)11-12-26(24)30-28(25)22-9-4-3-5-10-22/h3-12,17,21,30H,13-16,18H2,1-2H3. The molecule has 3 heteroatoms. The Morgan fingerprint density at radius 1 is 0.903 bits per heavy atom. The average Bonchev–Trinajstić information content (AvgIpc) is 3.13. The normalized spacial score (nSPS) is 15.6. The van der Waals surface area contributed by atoms with Gasteiger partial charge in [0.15, 0.2) is 0 Å². The second-order valence-electron chi connectivity index (χ2n) is 8.89. The largest absolute Gasteiger partial charge is 0.354 e. The lowest BCUT2D eigenvalue weighted by atomic mass is 9.84. The Morgan fingerprint density at radius 3 is 2.32 bits per heavy atom. The van der Waals surface area contributed by atoms with Gasteiger partial charge in [0, 0.05) is 17.4 Å². The number of aromatic nitrogens is 1. The van der Waals surface area contributed by atoms with Crippen LogP contribution < -0.4 is 0 Å². The maximum atomic E-state index is 14.1. The molecule has 1 aliphatic heterocycles. The number of aryl methyl sites for hydroxylation is 2. The highest BCUT2D eigenvalue weighted by Crippen LogP contribution is 2.36. The second-order valence-corrected chi connectivity index (χ2v) is 8.89. The second kappa shape index (κ2) is 8.32. The summed E-state index contributed by atoms with van der Waals surface area (Å²) in [5.41, 5.74) is 8.83. The molecule has 3 aromatic carbocycles. The molecule has 0 amide bonds. The van der Waals surface area contributed by atoms with Crippen LogP contribution in [0.5, 0.6) is 0 Å². The van der Waals surface area contributed by atoms with Crippen molar-refractivity contribution in [2.75, 3.05) is 13.1 Å². The van der Waals surface area contributed by atoms with Crippen molar-refractivity contribution in [1.82, 2.24) is 9.88 Å². The Bertz CT molecular complexity index is 1180. The Morgan fingerprint density at radius 2 is 1.61 bits per heavy atom. The van der Waals surface area contributed by atoms with E-state index in [9.17, 15) is 4.39 Å². The molecule has 4 aromatic rings. The van der Waals surface area contributed by atoms with Gasteiger partial charge in [0.05, 0.1) is 5.69 Å². The van der Waals surface area contributed by atoms with Gasteiger partial charge in [-0.25, -0.2) is 4.39 Å². The van der Waals surface area contributed by atoms with Gasteiger partial charge in [-0.2, -0.15) is 0 Å². The van der Waals surface area contributed by atoms with Crippen LogP contribution in [-0.2, 0) is 6.54 Å². The topological polar surface area (TPSA) is 19.0 Å². The van der Waals surface area contributed by atoms with Crippen molar-refractivity contribution in [2.24, 2.45) is 0 Å². The molecule has 0 atom stereocenters. The molecule has 5 rings (SSSR count). The lowest BCUT2D eigenvalue weighted by Gasteiger charge is -2.33. The van der Waals surface area contributed by atoms with E-state index < -0.39 is 0 Å². The van der Waals surface area contributed by atoms with E-state index in [1.165, 1.54) is 35.6 Å². The third-order valence-electron chi connectivity index (χ3n) is 6.85. The summed E-state index contributed by atoms with van der Waals surface area (Å²) in [6.45, 7) is 7.44. The van der Waals surface area contributed by atoms with Gasteiger partial charge < -0.3 is 4.98 Å². The van der Waals surface area contributed by atoms with Crippen LogP contribution in [0.3, 0.4) is 0 Å². The minimum atomic E-state index is -0.180. The molecule has 0 radical (unpaired) electrons. The number of nitrogens with one attached hydrogen (secondary N) is 1. The molecule has 0 unspecified atom stereocenters. The summed E-state index contributed by atoms with van der Waals surface area (Å²) in [7, 11) is 0. The summed E-state index contributed by atoms with van der Waals surface area (Å²) in [4.78, 5) is 6.09. The predicted molar refractivity (Wildman–Crippen MR) is 127 cm³/mol. The number of hydrogen-bond acceptors (Lipinski definition) is 1. The molecule has 0 saturated carbocycles. The number of benzene rings is 3. The number of halogens is 1. The van der Waals surface area contributed by atoms with Gasteiger partial charge in [0.1, 0.15) is 5.82 Å². The summed E-state index contributed by atoms with van der Waals surface area (Å²) < 4.78 is 14.1. The predicted octanol–water partition coefficient (Wildman–Crippen LogP) is 6.97. The summed E-state index contributed by atoms with van der Waals surface area (Å²) in [6.07, 6.45) is 2.34. The molecule has 31 heavy (non-hydrogen) atoms. The van der Waals surface area contributed by atoms with Crippen molar-refractivity contribution in [3.8, 4) is 11.3 Å². The zero-order valence-corrected chi connectivity index (χ0v) is 18.3. The van der Waals surface area contributed by atoms with Crippen molar-refractivity contribution in [1.29, 1.82) is 0 Å². The SMILES string of the molecule is Cc1cccc(C)c1C1CCN(Cc2c(-c3ccccc3)[nH]c3ccc(F)cc23)CC1. The Labute approximate surface area is 183 Å². The average molecular weight is 413 g/mol. The van der Waals surface area contributed by atoms with Crippen molar-refractivity contribution >= 4 is 10.9 Å². The molecule has 158 valence electrons. The third kappa shape index (κ3) is 3.90. The quantitative estimate of drug-likeness (QED) is 0.383. The van der Waals surface area contributed by atoms with E-state index in [0.29, 0.717) is 5.92 Å². The van der Waals surface area contributed by atoms with E-state index in [4.69, 9.17) is 0 Å². The van der Waals surface area contributed by atoms with Gasteiger partial charge in [0.25, 0.3) is 0 Å². The van der Waals surface area contributed by atoms with Crippen LogP contribution in [0.15, 0.2) is 66.7 Å². The molecule has 2 heterocycles. The maximum absolute atomic E-state index is 14.1. The monoisotopic (exact) mass is 412 g/mol. The number of likely N-dealkylation sites (tertiary alicyclic amines) is 1. The Balaban J connectivity index is 1.42. The first-order chi connectivity index (χ1) is 15.1. The third-order valence-corrected chi connectivity index (χ3v) is 6.85. The maximum Gasteiger partial charge on any atom is 0.123 e. The molecule has 1 N–H and O–H groups in total. The zero-order valence-electron chi connectivity index (χ0n) is 18.3. The molecule has 0 aliphatic carbocycles. The van der Waals surface area contributed by atoms with Gasteiger partial charge >= 0.3 is 0 Å². The molecular weight excluding hydrogens is 383 g/mol. The fraction of sp³-hybridized carbons (Fsp3) is 0.286. The van der Waals surface area contributed by atoms with Gasteiger partial charge in [-0.1, -0.05) is 48.5 Å². The molecule has 1 aliphatic rings. The molecule has 0 bridgehead atoms. The highest BCUT2D eigenvalue weighted by Gasteiger charge is 2.25. The van der Waals surface area contributed by atoms with Crippen LogP contribution in [0.25, 0.3) is 22.2 Å². The van der Waals surface area contributed by atoms with Crippen molar-refractivity contribution in [3.63, 3.8) is 0 Å². The molecule has 0 spiro atoms. The minimum absolute atomic E-state index is 0.180. The number of aromatic amines is 1. The number of fused-ring (bicyclic) bond motifs is 1. The number of rotatable bonds is 4. The highest BCUT2D eigenvalue weighted by molar-refractivity contribution is 5.90. The summed E-state index contributed by atoms with van der Waals surface area (Å²) in [5, 5.41) is 0.996. The Hall–Kier alpha value is -2.91. The highest BCUT2D eigenvalue weighted by atomic mass is 19.1. The van der Waals surface area contributed by atoms with Crippen LogP contribution in [-0.4, -0.2) is 23.0 Å². The van der Waals surface area contributed by atoms with Crippen LogP contribution in [0.4, 0.5) is 4.39 Å². The van der Waals surface area contributed by atoms with Crippen LogP contribution >= 0.6 is 0 Å². The molecule has 1 saturated heterocycles. The number of H-pyrrole nitrogens is 1. The van der Waals surface area contributed by atoms with Gasteiger partial charge in [0.2, 0.25) is 0 Å². The zero-order chi connectivity index (χ0) is 21.4. The van der Waals surface area contributed by atoms with E-state index in [1.54, 1.807) is 11.6 Å². The first kappa shape index (κ1) is 20.0. The minimum Gasteiger partial charge on any atom is -0.354 e. The summed E-state index contributed by atoms with van der Waals surface area (Å²) in [5.74, 6) is 0.451. The van der Waals surface area contributed by atoms with Gasteiger partial charge in [-0.3, -0.25) is 4.90 Å². The van der Waals surface area contributed by atoms with E-state index in [1.807, 2.05) is 12.1 Å². The van der Waals surface area contributed by atoms with Crippen LogP contribution in [0, 0.1) is 19.7 Å². The number of hydrogen-bond donors (Lipinski definition) is 1. The van der Waals surface area contributed by atoms with Gasteiger partial charge in [-0.05, 0) is 91.7 Å². The lowest BCUT2D eigenvalue weighted by Crippen LogP contribution is -2.33. The van der Waals surface area contributed by atoms with Crippen molar-refractivity contribution in [2.45, 2.75) is 39.2 Å². The van der Waals surface area contributed by atoms with E-state index >= 15 is 0 Å². The molecule has 1 fully saturated rings.